The zero-order valence-corrected chi connectivity index (χ0v) is 17.7. The first-order valence-corrected chi connectivity index (χ1v) is 10.5. The predicted molar refractivity (Wildman–Crippen MR) is 107 cm³/mol. The van der Waals surface area contributed by atoms with Crippen LogP contribution in [0.5, 0.6) is 0 Å². The van der Waals surface area contributed by atoms with Gasteiger partial charge in [-0.3, -0.25) is 9.59 Å². The number of hydrogen-bond acceptors (Lipinski definition) is 5. The zero-order valence-electron chi connectivity index (χ0n) is 16.1. The maximum Gasteiger partial charge on any atom is 0.307 e. The Morgan fingerprint density at radius 2 is 1.80 bits per heavy atom. The van der Waals surface area contributed by atoms with Crippen LogP contribution in [0.1, 0.15) is 17.5 Å². The number of halogens is 3. The number of esters is 1. The lowest BCUT2D eigenvalue weighted by atomic mass is 10.1. The fourth-order valence-electron chi connectivity index (χ4n) is 2.48. The van der Waals surface area contributed by atoms with Crippen LogP contribution in [0.15, 0.2) is 35.2 Å². The first-order chi connectivity index (χ1) is 14.0. The van der Waals surface area contributed by atoms with Crippen molar-refractivity contribution in [3.63, 3.8) is 0 Å². The van der Waals surface area contributed by atoms with E-state index < -0.39 is 45.0 Å². The summed E-state index contributed by atoms with van der Waals surface area (Å²) in [6.07, 6.45) is -0.375. The topological polar surface area (TPSA) is 102 Å². The Labute approximate surface area is 177 Å². The molecule has 30 heavy (non-hydrogen) atoms. The molecule has 0 bridgehead atoms. The van der Waals surface area contributed by atoms with Crippen LogP contribution in [0.25, 0.3) is 0 Å². The van der Waals surface area contributed by atoms with Crippen molar-refractivity contribution in [1.82, 2.24) is 4.72 Å². The van der Waals surface area contributed by atoms with Gasteiger partial charge in [0.25, 0.3) is 5.91 Å². The van der Waals surface area contributed by atoms with Crippen LogP contribution < -0.4 is 10.0 Å². The van der Waals surface area contributed by atoms with E-state index in [4.69, 9.17) is 16.3 Å². The predicted octanol–water partition coefficient (Wildman–Crippen LogP) is 3.09. The van der Waals surface area contributed by atoms with Crippen molar-refractivity contribution < 1.29 is 31.5 Å². The highest BCUT2D eigenvalue weighted by molar-refractivity contribution is 7.89. The monoisotopic (exact) mass is 460 g/mol. The van der Waals surface area contributed by atoms with Crippen LogP contribution in [-0.2, 0) is 24.3 Å². The van der Waals surface area contributed by atoms with E-state index in [-0.39, 0.29) is 13.0 Å². The number of anilines is 1. The quantitative estimate of drug-likeness (QED) is 0.589. The number of sulfonamides is 1. The Balaban J connectivity index is 1.81. The van der Waals surface area contributed by atoms with Gasteiger partial charge in [-0.15, -0.1) is 0 Å². The normalized spacial score (nSPS) is 11.2. The molecule has 0 unspecified atom stereocenters. The molecule has 2 N–H and O–H groups in total. The Morgan fingerprint density at radius 3 is 2.43 bits per heavy atom. The van der Waals surface area contributed by atoms with Gasteiger partial charge in [0.2, 0.25) is 10.0 Å². The van der Waals surface area contributed by atoms with Gasteiger partial charge in [0.05, 0.1) is 22.0 Å². The highest BCUT2D eigenvalue weighted by Gasteiger charge is 2.17. The molecule has 0 fully saturated rings. The minimum Gasteiger partial charge on any atom is -0.456 e. The first-order valence-electron chi connectivity index (χ1n) is 8.66. The summed E-state index contributed by atoms with van der Waals surface area (Å²) >= 11 is 6.09. The third kappa shape index (κ3) is 6.48. The molecule has 2 rings (SSSR count). The largest absolute Gasteiger partial charge is 0.456 e. The number of ether oxygens (including phenoxy) is 1. The molecular weight excluding hydrogens is 442 g/mol. The summed E-state index contributed by atoms with van der Waals surface area (Å²) in [5.41, 5.74) is 2.07. The van der Waals surface area contributed by atoms with Crippen LogP contribution in [0.3, 0.4) is 0 Å². The fourth-order valence-corrected chi connectivity index (χ4v) is 3.89. The second kappa shape index (κ2) is 9.96. The molecule has 0 aliphatic heterocycles. The maximum absolute atomic E-state index is 13.2. The summed E-state index contributed by atoms with van der Waals surface area (Å²) < 4.78 is 56.9. The summed E-state index contributed by atoms with van der Waals surface area (Å²) in [7, 11) is -4.14. The van der Waals surface area contributed by atoms with E-state index in [0.717, 1.165) is 17.2 Å². The van der Waals surface area contributed by atoms with Gasteiger partial charge in [-0.1, -0.05) is 17.7 Å². The standard InChI is InChI=1S/C19H19ClF2N2O5S/c1-11-7-12(2)19(14(20)8-11)24-17(25)10-29-18(26)5-6-23-30(27,28)13-3-4-15(21)16(22)9-13/h3-4,7-9,23H,5-6,10H2,1-2H3,(H,24,25). The number of hydrogen-bond donors (Lipinski definition) is 2. The number of nitrogens with one attached hydrogen (secondary N) is 2. The molecule has 162 valence electrons. The molecule has 7 nitrogen and oxygen atoms in total. The molecule has 0 saturated carbocycles. The molecule has 0 spiro atoms. The number of carbonyl (C=O) groups is 2. The Bertz CT molecular complexity index is 1050. The Morgan fingerprint density at radius 1 is 1.10 bits per heavy atom. The summed E-state index contributed by atoms with van der Waals surface area (Å²) in [5.74, 6) is -3.94. The lowest BCUT2D eigenvalue weighted by Crippen LogP contribution is -2.28. The highest BCUT2D eigenvalue weighted by atomic mass is 35.5. The third-order valence-electron chi connectivity index (χ3n) is 3.88. The summed E-state index contributed by atoms with van der Waals surface area (Å²) in [6, 6.07) is 5.60. The summed E-state index contributed by atoms with van der Waals surface area (Å²) in [5, 5.41) is 2.89. The molecule has 0 atom stereocenters. The number of amides is 1. The van der Waals surface area contributed by atoms with Crippen LogP contribution in [0, 0.1) is 25.5 Å². The van der Waals surface area contributed by atoms with Crippen molar-refractivity contribution in [2.24, 2.45) is 0 Å². The average molecular weight is 461 g/mol. The lowest BCUT2D eigenvalue weighted by Gasteiger charge is -2.12. The van der Waals surface area contributed by atoms with Gasteiger partial charge in [0.1, 0.15) is 0 Å². The summed E-state index contributed by atoms with van der Waals surface area (Å²) in [6.45, 7) is 2.68. The van der Waals surface area contributed by atoms with Crippen molar-refractivity contribution in [2.45, 2.75) is 25.2 Å². The molecule has 1 amide bonds. The van der Waals surface area contributed by atoms with E-state index in [1.54, 1.807) is 13.0 Å². The lowest BCUT2D eigenvalue weighted by molar-refractivity contribution is -0.147. The van der Waals surface area contributed by atoms with Crippen molar-refractivity contribution in [2.75, 3.05) is 18.5 Å². The molecule has 0 aliphatic rings. The van der Waals surface area contributed by atoms with Gasteiger partial charge in [-0.2, -0.15) is 0 Å². The second-order valence-electron chi connectivity index (χ2n) is 6.37. The fraction of sp³-hybridized carbons (Fsp3) is 0.263. The molecule has 0 saturated heterocycles. The molecule has 0 radical (unpaired) electrons. The zero-order chi connectivity index (χ0) is 22.5. The number of rotatable bonds is 8. The number of benzene rings is 2. The van der Waals surface area contributed by atoms with Crippen molar-refractivity contribution >= 4 is 39.2 Å². The maximum atomic E-state index is 13.2. The van der Waals surface area contributed by atoms with Gasteiger partial charge in [-0.25, -0.2) is 21.9 Å². The smallest absolute Gasteiger partial charge is 0.307 e. The summed E-state index contributed by atoms with van der Waals surface area (Å²) in [4.78, 5) is 23.2. The molecule has 0 heterocycles. The van der Waals surface area contributed by atoms with Gasteiger partial charge < -0.3 is 10.1 Å². The van der Waals surface area contributed by atoms with E-state index >= 15 is 0 Å². The number of carbonyl (C=O) groups excluding carboxylic acids is 2. The molecular formula is C19H19ClF2N2O5S. The minimum absolute atomic E-state index is 0.346. The van der Waals surface area contributed by atoms with E-state index in [1.165, 1.54) is 0 Å². The molecule has 0 aromatic heterocycles. The first kappa shape index (κ1) is 23.7. The van der Waals surface area contributed by atoms with E-state index in [0.29, 0.717) is 22.8 Å². The van der Waals surface area contributed by atoms with E-state index in [2.05, 4.69) is 10.0 Å². The van der Waals surface area contributed by atoms with Crippen molar-refractivity contribution in [1.29, 1.82) is 0 Å². The third-order valence-corrected chi connectivity index (χ3v) is 5.64. The minimum atomic E-state index is -4.14. The van der Waals surface area contributed by atoms with Gasteiger partial charge in [0.15, 0.2) is 18.2 Å². The average Bonchev–Trinajstić information content (AvgIpc) is 2.65. The van der Waals surface area contributed by atoms with E-state index in [9.17, 15) is 26.8 Å². The van der Waals surface area contributed by atoms with Crippen LogP contribution >= 0.6 is 11.6 Å². The van der Waals surface area contributed by atoms with Crippen molar-refractivity contribution in [3.8, 4) is 0 Å². The Kier molecular flexibility index (Phi) is 7.88. The SMILES string of the molecule is Cc1cc(C)c(NC(=O)COC(=O)CCNS(=O)(=O)c2ccc(F)c(F)c2)c(Cl)c1. The van der Waals surface area contributed by atoms with Gasteiger partial charge in [0, 0.05) is 6.54 Å². The Hall–Kier alpha value is -2.56. The molecule has 0 aliphatic carbocycles. The van der Waals surface area contributed by atoms with Crippen LogP contribution in [0.2, 0.25) is 5.02 Å². The van der Waals surface area contributed by atoms with Crippen LogP contribution in [-0.4, -0.2) is 33.4 Å². The second-order valence-corrected chi connectivity index (χ2v) is 8.55. The molecule has 11 heteroatoms. The van der Waals surface area contributed by atoms with Gasteiger partial charge >= 0.3 is 5.97 Å². The molecule has 2 aromatic rings. The van der Waals surface area contributed by atoms with Crippen molar-refractivity contribution in [3.05, 3.63) is 58.1 Å². The van der Waals surface area contributed by atoms with E-state index in [1.807, 2.05) is 13.0 Å². The van der Waals surface area contributed by atoms with Crippen LogP contribution in [0.4, 0.5) is 14.5 Å². The van der Waals surface area contributed by atoms with Gasteiger partial charge in [-0.05, 0) is 49.2 Å². The molecule has 2 aromatic carbocycles. The number of aryl methyl sites for hydroxylation is 2. The highest BCUT2D eigenvalue weighted by Crippen LogP contribution is 2.27.